The number of hydrogen-bond donors (Lipinski definition) is 0. The zero-order chi connectivity index (χ0) is 14.9. The first-order valence-electron chi connectivity index (χ1n) is 7.32. The number of nitrogens with zero attached hydrogens (tertiary/aromatic N) is 2. The summed E-state index contributed by atoms with van der Waals surface area (Å²) in [5, 5.41) is 9.25. The lowest BCUT2D eigenvalue weighted by Crippen LogP contribution is -2.57. The molecule has 1 aromatic rings. The van der Waals surface area contributed by atoms with Crippen LogP contribution in [0.2, 0.25) is 0 Å². The van der Waals surface area contributed by atoms with Crippen molar-refractivity contribution in [3.8, 4) is 6.07 Å². The molecule has 1 spiro atoms. The highest BCUT2D eigenvalue weighted by atomic mass is 19.1. The number of nitriles is 1. The van der Waals surface area contributed by atoms with Gasteiger partial charge >= 0.3 is 0 Å². The van der Waals surface area contributed by atoms with Crippen LogP contribution in [-0.2, 0) is 9.47 Å². The van der Waals surface area contributed by atoms with E-state index in [2.05, 4.69) is 11.0 Å². The molecular weight excluding hydrogens is 271 g/mol. The lowest BCUT2D eigenvalue weighted by atomic mass is 9.90. The van der Waals surface area contributed by atoms with Crippen LogP contribution in [0.4, 0.5) is 10.1 Å². The van der Waals surface area contributed by atoms with Gasteiger partial charge in [-0.3, -0.25) is 0 Å². The summed E-state index contributed by atoms with van der Waals surface area (Å²) >= 11 is 0. The molecule has 2 aliphatic rings. The zero-order valence-corrected chi connectivity index (χ0v) is 12.1. The molecule has 1 atom stereocenters. The Bertz CT molecular complexity index is 564. The summed E-state index contributed by atoms with van der Waals surface area (Å²) in [6.07, 6.45) is 1.79. The van der Waals surface area contributed by atoms with Gasteiger partial charge in [0.1, 0.15) is 11.9 Å². The summed E-state index contributed by atoms with van der Waals surface area (Å²) in [6, 6.07) is 6.49. The van der Waals surface area contributed by atoms with Crippen molar-refractivity contribution in [2.75, 3.05) is 31.2 Å². The zero-order valence-electron chi connectivity index (χ0n) is 12.1. The maximum Gasteiger partial charge on any atom is 0.124 e. The molecule has 0 unspecified atom stereocenters. The van der Waals surface area contributed by atoms with Crippen LogP contribution < -0.4 is 4.90 Å². The summed E-state index contributed by atoms with van der Waals surface area (Å²) in [4.78, 5) is 2.15. The topological polar surface area (TPSA) is 45.5 Å². The largest absolute Gasteiger partial charge is 0.381 e. The van der Waals surface area contributed by atoms with Crippen LogP contribution in [0.1, 0.15) is 25.3 Å². The molecule has 0 radical (unpaired) electrons. The summed E-state index contributed by atoms with van der Waals surface area (Å²) < 4.78 is 24.9. The molecule has 0 aliphatic carbocycles. The van der Waals surface area contributed by atoms with Gasteiger partial charge in [0.2, 0.25) is 0 Å². The Morgan fingerprint density at radius 2 is 2.14 bits per heavy atom. The van der Waals surface area contributed by atoms with Gasteiger partial charge in [-0.05, 0) is 25.1 Å². The highest BCUT2D eigenvalue weighted by Gasteiger charge is 2.41. The molecule has 112 valence electrons. The van der Waals surface area contributed by atoms with Gasteiger partial charge in [0.15, 0.2) is 0 Å². The molecule has 4 nitrogen and oxygen atoms in total. The maximum absolute atomic E-state index is 13.3. The third-order valence-corrected chi connectivity index (χ3v) is 4.23. The molecule has 5 heteroatoms. The van der Waals surface area contributed by atoms with Crippen molar-refractivity contribution >= 4 is 5.69 Å². The Balaban J connectivity index is 1.89. The molecule has 0 aromatic heterocycles. The van der Waals surface area contributed by atoms with Crippen LogP contribution in [0, 0.1) is 17.1 Å². The van der Waals surface area contributed by atoms with Gasteiger partial charge in [-0.15, -0.1) is 0 Å². The Hall–Kier alpha value is -1.64. The molecule has 2 saturated heterocycles. The molecule has 2 aliphatic heterocycles. The van der Waals surface area contributed by atoms with Crippen LogP contribution in [0.3, 0.4) is 0 Å². The molecule has 3 rings (SSSR count). The van der Waals surface area contributed by atoms with Crippen molar-refractivity contribution < 1.29 is 13.9 Å². The number of ether oxygens (including phenoxy) is 2. The molecule has 0 N–H and O–H groups in total. The van der Waals surface area contributed by atoms with E-state index in [1.54, 1.807) is 6.07 Å². The standard InChI is InChI=1S/C16H19FN2O2/c1-12-10-19(11-16(21-12)4-6-20-7-5-16)15-3-2-14(17)8-13(15)9-18/h2-3,8,12H,4-7,10-11H2,1H3/t12-/m1/s1. The van der Waals surface area contributed by atoms with Crippen molar-refractivity contribution in [1.82, 2.24) is 0 Å². The van der Waals surface area contributed by atoms with Crippen LogP contribution in [0.25, 0.3) is 0 Å². The van der Waals surface area contributed by atoms with Crippen molar-refractivity contribution in [3.63, 3.8) is 0 Å². The Labute approximate surface area is 124 Å². The van der Waals surface area contributed by atoms with E-state index < -0.39 is 0 Å². The summed E-state index contributed by atoms with van der Waals surface area (Å²) in [7, 11) is 0. The highest BCUT2D eigenvalue weighted by Crippen LogP contribution is 2.34. The fraction of sp³-hybridized carbons (Fsp3) is 0.562. The second-order valence-electron chi connectivity index (χ2n) is 5.88. The Kier molecular flexibility index (Phi) is 3.83. The lowest BCUT2D eigenvalue weighted by Gasteiger charge is -2.48. The van der Waals surface area contributed by atoms with Crippen LogP contribution in [-0.4, -0.2) is 38.0 Å². The van der Waals surface area contributed by atoms with E-state index in [-0.39, 0.29) is 17.5 Å². The Morgan fingerprint density at radius 3 is 2.86 bits per heavy atom. The summed E-state index contributed by atoms with van der Waals surface area (Å²) in [5.74, 6) is -0.377. The number of morpholine rings is 1. The van der Waals surface area contributed by atoms with Gasteiger partial charge in [0, 0.05) is 39.1 Å². The van der Waals surface area contributed by atoms with Crippen molar-refractivity contribution in [1.29, 1.82) is 5.26 Å². The normalized spacial score (nSPS) is 24.8. The first-order valence-corrected chi connectivity index (χ1v) is 7.32. The molecule has 1 aromatic carbocycles. The minimum absolute atomic E-state index is 0.0773. The van der Waals surface area contributed by atoms with E-state index in [1.165, 1.54) is 12.1 Å². The van der Waals surface area contributed by atoms with E-state index in [1.807, 2.05) is 6.92 Å². The number of anilines is 1. The smallest absolute Gasteiger partial charge is 0.124 e. The van der Waals surface area contributed by atoms with E-state index in [0.29, 0.717) is 25.3 Å². The molecule has 0 bridgehead atoms. The molecule has 21 heavy (non-hydrogen) atoms. The van der Waals surface area contributed by atoms with E-state index in [0.717, 1.165) is 25.1 Å². The van der Waals surface area contributed by atoms with Gasteiger partial charge in [-0.2, -0.15) is 5.26 Å². The number of rotatable bonds is 1. The van der Waals surface area contributed by atoms with Gasteiger partial charge in [0.25, 0.3) is 0 Å². The van der Waals surface area contributed by atoms with E-state index in [9.17, 15) is 9.65 Å². The molecule has 2 heterocycles. The Morgan fingerprint density at radius 1 is 1.38 bits per heavy atom. The monoisotopic (exact) mass is 290 g/mol. The number of halogens is 1. The molecule has 0 saturated carbocycles. The minimum atomic E-state index is -0.377. The molecule has 0 amide bonds. The van der Waals surface area contributed by atoms with Gasteiger partial charge in [0.05, 0.1) is 23.0 Å². The second-order valence-corrected chi connectivity index (χ2v) is 5.88. The number of benzene rings is 1. The van der Waals surface area contributed by atoms with Crippen molar-refractivity contribution in [3.05, 3.63) is 29.6 Å². The average molecular weight is 290 g/mol. The fourth-order valence-corrected chi connectivity index (χ4v) is 3.30. The lowest BCUT2D eigenvalue weighted by molar-refractivity contribution is -0.145. The number of hydrogen-bond acceptors (Lipinski definition) is 4. The predicted molar refractivity (Wildman–Crippen MR) is 76.7 cm³/mol. The van der Waals surface area contributed by atoms with Crippen molar-refractivity contribution in [2.45, 2.75) is 31.5 Å². The van der Waals surface area contributed by atoms with Gasteiger partial charge in [-0.1, -0.05) is 0 Å². The van der Waals surface area contributed by atoms with Crippen LogP contribution >= 0.6 is 0 Å². The maximum atomic E-state index is 13.3. The molecular formula is C16H19FN2O2. The fourth-order valence-electron chi connectivity index (χ4n) is 3.30. The van der Waals surface area contributed by atoms with Crippen molar-refractivity contribution in [2.24, 2.45) is 0 Å². The van der Waals surface area contributed by atoms with Gasteiger partial charge < -0.3 is 14.4 Å². The minimum Gasteiger partial charge on any atom is -0.381 e. The second kappa shape index (κ2) is 5.63. The van der Waals surface area contributed by atoms with Gasteiger partial charge in [-0.25, -0.2) is 4.39 Å². The van der Waals surface area contributed by atoms with Crippen LogP contribution in [0.5, 0.6) is 0 Å². The predicted octanol–water partition coefficient (Wildman–Crippen LogP) is 2.47. The third-order valence-electron chi connectivity index (χ3n) is 4.23. The quantitative estimate of drug-likeness (QED) is 0.797. The summed E-state index contributed by atoms with van der Waals surface area (Å²) in [5.41, 5.74) is 0.961. The van der Waals surface area contributed by atoms with E-state index in [4.69, 9.17) is 9.47 Å². The average Bonchev–Trinajstić information content (AvgIpc) is 2.47. The summed E-state index contributed by atoms with van der Waals surface area (Å²) in [6.45, 7) is 4.88. The SMILES string of the molecule is C[C@@H]1CN(c2ccc(F)cc2C#N)CC2(CCOCC2)O1. The first kappa shape index (κ1) is 14.3. The van der Waals surface area contributed by atoms with Crippen LogP contribution in [0.15, 0.2) is 18.2 Å². The molecule has 2 fully saturated rings. The third kappa shape index (κ3) is 2.87. The highest BCUT2D eigenvalue weighted by molar-refractivity contribution is 5.60. The first-order chi connectivity index (χ1) is 10.1. The van der Waals surface area contributed by atoms with E-state index >= 15 is 0 Å².